The molecule has 0 radical (unpaired) electrons. The summed E-state index contributed by atoms with van der Waals surface area (Å²) in [6.07, 6.45) is -3.04. The number of amides is 1. The van der Waals surface area contributed by atoms with Gasteiger partial charge in [-0.15, -0.1) is 0 Å². The molecule has 0 aromatic heterocycles. The smallest absolute Gasteiger partial charge is 0.315 e. The van der Waals surface area contributed by atoms with Crippen molar-refractivity contribution in [1.82, 2.24) is 0 Å². The van der Waals surface area contributed by atoms with Crippen molar-refractivity contribution >= 4 is 39.1 Å². The second kappa shape index (κ2) is 4.70. The molecule has 0 bridgehead atoms. The van der Waals surface area contributed by atoms with E-state index < -0.39 is 12.3 Å². The van der Waals surface area contributed by atoms with Crippen LogP contribution in [0.1, 0.15) is 0 Å². The van der Waals surface area contributed by atoms with Crippen LogP contribution in [0.15, 0.2) is 22.7 Å². The van der Waals surface area contributed by atoms with Gasteiger partial charge in [-0.05, 0) is 34.1 Å². The minimum atomic E-state index is -3.04. The molecule has 1 aromatic carbocycles. The van der Waals surface area contributed by atoms with Gasteiger partial charge >= 0.3 is 6.43 Å². The van der Waals surface area contributed by atoms with Crippen molar-refractivity contribution in [2.75, 3.05) is 5.32 Å². The van der Waals surface area contributed by atoms with E-state index in [1.807, 2.05) is 5.32 Å². The Labute approximate surface area is 92.4 Å². The standard InChI is InChI=1S/C8H5BrClF2NO/c9-5-2-1-4(10)3-6(5)13-8(14)7(11)12/h1-3,7H,(H,13,14). The van der Waals surface area contributed by atoms with Gasteiger partial charge < -0.3 is 5.32 Å². The van der Waals surface area contributed by atoms with Crippen LogP contribution >= 0.6 is 27.5 Å². The normalized spacial score (nSPS) is 10.4. The Morgan fingerprint density at radius 1 is 1.50 bits per heavy atom. The van der Waals surface area contributed by atoms with E-state index >= 15 is 0 Å². The summed E-state index contributed by atoms with van der Waals surface area (Å²) in [5, 5.41) is 2.39. The first-order chi connectivity index (χ1) is 6.50. The van der Waals surface area contributed by atoms with Crippen LogP contribution in [0.25, 0.3) is 0 Å². The van der Waals surface area contributed by atoms with Gasteiger partial charge in [-0.1, -0.05) is 11.6 Å². The van der Waals surface area contributed by atoms with Crippen molar-refractivity contribution in [2.45, 2.75) is 6.43 Å². The van der Waals surface area contributed by atoms with Crippen LogP contribution < -0.4 is 5.32 Å². The highest BCUT2D eigenvalue weighted by molar-refractivity contribution is 9.10. The molecule has 0 aliphatic heterocycles. The lowest BCUT2D eigenvalue weighted by molar-refractivity contribution is -0.126. The van der Waals surface area contributed by atoms with Crippen LogP contribution in [-0.4, -0.2) is 12.3 Å². The summed E-state index contributed by atoms with van der Waals surface area (Å²) >= 11 is 8.71. The van der Waals surface area contributed by atoms with Crippen molar-refractivity contribution in [1.29, 1.82) is 0 Å². The number of carbonyl (C=O) groups is 1. The first kappa shape index (κ1) is 11.4. The molecule has 0 spiro atoms. The lowest BCUT2D eigenvalue weighted by Crippen LogP contribution is -2.20. The predicted octanol–water partition coefficient (Wildman–Crippen LogP) is 3.31. The zero-order valence-electron chi connectivity index (χ0n) is 6.73. The maximum atomic E-state index is 11.9. The maximum absolute atomic E-state index is 11.9. The molecule has 6 heteroatoms. The van der Waals surface area contributed by atoms with Gasteiger partial charge in [-0.3, -0.25) is 4.79 Å². The minimum absolute atomic E-state index is 0.225. The van der Waals surface area contributed by atoms with E-state index in [1.54, 1.807) is 12.1 Å². The fourth-order valence-corrected chi connectivity index (χ4v) is 1.30. The fourth-order valence-electron chi connectivity index (χ4n) is 0.781. The molecule has 2 nitrogen and oxygen atoms in total. The third-order valence-electron chi connectivity index (χ3n) is 1.38. The lowest BCUT2D eigenvalue weighted by Gasteiger charge is -2.06. The predicted molar refractivity (Wildman–Crippen MR) is 53.8 cm³/mol. The summed E-state index contributed by atoms with van der Waals surface area (Å²) in [5.74, 6) is -1.35. The molecule has 0 unspecified atom stereocenters. The highest BCUT2D eigenvalue weighted by atomic mass is 79.9. The first-order valence-electron chi connectivity index (χ1n) is 3.55. The van der Waals surface area contributed by atoms with Gasteiger partial charge in [0.25, 0.3) is 5.91 Å². The molecule has 0 saturated heterocycles. The molecule has 0 aliphatic rings. The van der Waals surface area contributed by atoms with E-state index in [1.165, 1.54) is 6.07 Å². The van der Waals surface area contributed by atoms with E-state index in [0.717, 1.165) is 0 Å². The molecule has 0 aliphatic carbocycles. The second-order valence-corrected chi connectivity index (χ2v) is 3.70. The number of rotatable bonds is 2. The topological polar surface area (TPSA) is 29.1 Å². The van der Waals surface area contributed by atoms with Gasteiger partial charge in [0, 0.05) is 9.50 Å². The Bertz CT molecular complexity index is 359. The van der Waals surface area contributed by atoms with Crippen LogP contribution in [0, 0.1) is 0 Å². The summed E-state index contributed by atoms with van der Waals surface area (Å²) in [4.78, 5) is 10.7. The molecule has 0 fully saturated rings. The number of benzene rings is 1. The second-order valence-electron chi connectivity index (χ2n) is 2.41. The highest BCUT2D eigenvalue weighted by Gasteiger charge is 2.16. The van der Waals surface area contributed by atoms with Gasteiger partial charge in [0.05, 0.1) is 5.69 Å². The molecular weight excluding hydrogens is 279 g/mol. The molecule has 1 amide bonds. The number of anilines is 1. The number of hydrogen-bond donors (Lipinski definition) is 1. The van der Waals surface area contributed by atoms with Crippen LogP contribution in [-0.2, 0) is 4.79 Å². The Morgan fingerprint density at radius 3 is 2.71 bits per heavy atom. The Balaban J connectivity index is 2.86. The zero-order valence-corrected chi connectivity index (χ0v) is 9.07. The van der Waals surface area contributed by atoms with Crippen molar-refractivity contribution < 1.29 is 13.6 Å². The summed E-state index contributed by atoms with van der Waals surface area (Å²) < 4.78 is 24.3. The minimum Gasteiger partial charge on any atom is -0.320 e. The van der Waals surface area contributed by atoms with Gasteiger partial charge in [0.15, 0.2) is 0 Å². The van der Waals surface area contributed by atoms with Crippen molar-refractivity contribution in [3.8, 4) is 0 Å². The zero-order chi connectivity index (χ0) is 10.7. The van der Waals surface area contributed by atoms with Gasteiger partial charge in [0.1, 0.15) is 0 Å². The van der Waals surface area contributed by atoms with E-state index in [-0.39, 0.29) is 5.69 Å². The Hall–Kier alpha value is -0.680. The average molecular weight is 284 g/mol. The molecule has 14 heavy (non-hydrogen) atoms. The Morgan fingerprint density at radius 2 is 2.14 bits per heavy atom. The molecule has 0 heterocycles. The van der Waals surface area contributed by atoms with E-state index in [4.69, 9.17) is 11.6 Å². The molecule has 1 aromatic rings. The summed E-state index contributed by atoms with van der Waals surface area (Å²) in [5.41, 5.74) is 0.225. The number of hydrogen-bond acceptors (Lipinski definition) is 1. The lowest BCUT2D eigenvalue weighted by atomic mass is 10.3. The largest absolute Gasteiger partial charge is 0.320 e. The number of nitrogens with one attached hydrogen (secondary N) is 1. The van der Waals surface area contributed by atoms with Gasteiger partial charge in [0.2, 0.25) is 0 Å². The van der Waals surface area contributed by atoms with E-state index in [0.29, 0.717) is 9.50 Å². The summed E-state index contributed by atoms with van der Waals surface area (Å²) in [6.45, 7) is 0. The SMILES string of the molecule is O=C(Nc1cc(Cl)ccc1Br)C(F)F. The van der Waals surface area contributed by atoms with Crippen LogP contribution in [0.4, 0.5) is 14.5 Å². The number of alkyl halides is 2. The summed E-state index contributed by atoms with van der Waals surface area (Å²) in [6, 6.07) is 4.51. The van der Waals surface area contributed by atoms with Crippen molar-refractivity contribution in [3.05, 3.63) is 27.7 Å². The molecule has 0 saturated carbocycles. The average Bonchev–Trinajstić information content (AvgIpc) is 2.11. The van der Waals surface area contributed by atoms with Gasteiger partial charge in [-0.2, -0.15) is 8.78 Å². The first-order valence-corrected chi connectivity index (χ1v) is 4.72. The summed E-state index contributed by atoms with van der Waals surface area (Å²) in [7, 11) is 0. The third-order valence-corrected chi connectivity index (χ3v) is 2.31. The monoisotopic (exact) mass is 283 g/mol. The molecule has 1 rings (SSSR count). The Kier molecular flexibility index (Phi) is 3.83. The third kappa shape index (κ3) is 2.92. The van der Waals surface area contributed by atoms with E-state index in [2.05, 4.69) is 15.9 Å². The van der Waals surface area contributed by atoms with Crippen LogP contribution in [0.5, 0.6) is 0 Å². The highest BCUT2D eigenvalue weighted by Crippen LogP contribution is 2.26. The van der Waals surface area contributed by atoms with Crippen molar-refractivity contribution in [3.63, 3.8) is 0 Å². The quantitative estimate of drug-likeness (QED) is 0.887. The molecule has 1 N–H and O–H groups in total. The van der Waals surface area contributed by atoms with Crippen molar-refractivity contribution in [2.24, 2.45) is 0 Å². The molecule has 0 atom stereocenters. The van der Waals surface area contributed by atoms with E-state index in [9.17, 15) is 13.6 Å². The molecular formula is C8H5BrClF2NO. The number of halogens is 4. The number of carbonyl (C=O) groups excluding carboxylic acids is 1. The van der Waals surface area contributed by atoms with Gasteiger partial charge in [-0.25, -0.2) is 0 Å². The fraction of sp³-hybridized carbons (Fsp3) is 0.125. The van der Waals surface area contributed by atoms with Crippen LogP contribution in [0.3, 0.4) is 0 Å². The molecule has 76 valence electrons. The maximum Gasteiger partial charge on any atom is 0.315 e. The van der Waals surface area contributed by atoms with Crippen LogP contribution in [0.2, 0.25) is 5.02 Å².